The zero-order valence-electron chi connectivity index (χ0n) is 15.7. The number of nitrogens with zero attached hydrogens (tertiary/aromatic N) is 2. The Kier molecular flexibility index (Phi) is 5.97. The molecule has 3 aromatic rings. The van der Waals surface area contributed by atoms with Gasteiger partial charge in [0.25, 0.3) is 5.56 Å². The van der Waals surface area contributed by atoms with Gasteiger partial charge in [-0.2, -0.15) is 13.2 Å². The number of aromatic nitrogens is 2. The lowest BCUT2D eigenvalue weighted by molar-refractivity contribution is -0.137. The minimum Gasteiger partial charge on any atom is -0.325 e. The van der Waals surface area contributed by atoms with E-state index in [0.29, 0.717) is 22.6 Å². The van der Waals surface area contributed by atoms with Crippen LogP contribution in [0.2, 0.25) is 0 Å². The number of halogens is 3. The molecule has 1 atom stereocenters. The maximum absolute atomic E-state index is 13.1. The van der Waals surface area contributed by atoms with Crippen molar-refractivity contribution < 1.29 is 18.0 Å². The first-order valence-electron chi connectivity index (χ1n) is 8.85. The maximum Gasteiger partial charge on any atom is 0.418 e. The van der Waals surface area contributed by atoms with Crippen LogP contribution >= 0.6 is 11.8 Å². The maximum atomic E-state index is 13.1. The number of amides is 1. The van der Waals surface area contributed by atoms with Crippen molar-refractivity contribution in [1.82, 2.24) is 9.55 Å². The Labute approximate surface area is 169 Å². The number of thioether (sulfide) groups is 1. The topological polar surface area (TPSA) is 64.0 Å². The van der Waals surface area contributed by atoms with Crippen LogP contribution in [0.25, 0.3) is 10.9 Å². The molecule has 152 valence electrons. The first-order chi connectivity index (χ1) is 13.7. The van der Waals surface area contributed by atoms with Gasteiger partial charge < -0.3 is 5.32 Å². The fourth-order valence-corrected chi connectivity index (χ4v) is 3.77. The number of hydrogen-bond donors (Lipinski definition) is 1. The molecular formula is C20H18F3N3O2S. The minimum atomic E-state index is -4.58. The van der Waals surface area contributed by atoms with Crippen molar-refractivity contribution in [3.05, 3.63) is 64.4 Å². The van der Waals surface area contributed by atoms with E-state index < -0.39 is 22.9 Å². The largest absolute Gasteiger partial charge is 0.418 e. The second kappa shape index (κ2) is 8.28. The van der Waals surface area contributed by atoms with Gasteiger partial charge in [0, 0.05) is 6.54 Å². The van der Waals surface area contributed by atoms with E-state index >= 15 is 0 Å². The van der Waals surface area contributed by atoms with Gasteiger partial charge in [-0.25, -0.2) is 4.98 Å². The highest BCUT2D eigenvalue weighted by Crippen LogP contribution is 2.35. The van der Waals surface area contributed by atoms with Crippen LogP contribution in [0.1, 0.15) is 19.4 Å². The number of benzene rings is 2. The molecule has 3 rings (SSSR count). The fraction of sp³-hybridized carbons (Fsp3) is 0.250. The van der Waals surface area contributed by atoms with Gasteiger partial charge in [-0.15, -0.1) is 0 Å². The Hall–Kier alpha value is -2.81. The van der Waals surface area contributed by atoms with Crippen molar-refractivity contribution in [2.24, 2.45) is 0 Å². The van der Waals surface area contributed by atoms with Crippen LogP contribution in [-0.2, 0) is 17.5 Å². The summed E-state index contributed by atoms with van der Waals surface area (Å²) in [7, 11) is 0. The molecule has 0 saturated heterocycles. The van der Waals surface area contributed by atoms with E-state index in [-0.39, 0.29) is 11.2 Å². The third-order valence-electron chi connectivity index (χ3n) is 4.28. The van der Waals surface area contributed by atoms with E-state index in [2.05, 4.69) is 10.3 Å². The van der Waals surface area contributed by atoms with Gasteiger partial charge in [0.2, 0.25) is 5.91 Å². The van der Waals surface area contributed by atoms with E-state index in [1.807, 2.05) is 0 Å². The molecule has 5 nitrogen and oxygen atoms in total. The number of carbonyl (C=O) groups is 1. The van der Waals surface area contributed by atoms with Crippen LogP contribution in [-0.4, -0.2) is 20.7 Å². The number of rotatable bonds is 5. The average molecular weight is 421 g/mol. The Bertz CT molecular complexity index is 1110. The lowest BCUT2D eigenvalue weighted by Crippen LogP contribution is -2.27. The molecule has 9 heteroatoms. The smallest absolute Gasteiger partial charge is 0.325 e. The highest BCUT2D eigenvalue weighted by Gasteiger charge is 2.34. The van der Waals surface area contributed by atoms with Crippen molar-refractivity contribution in [2.45, 2.75) is 37.0 Å². The number of nitrogens with one attached hydrogen (secondary N) is 1. The molecule has 1 aromatic heterocycles. The Morgan fingerprint density at radius 3 is 2.52 bits per heavy atom. The van der Waals surface area contributed by atoms with E-state index in [4.69, 9.17) is 0 Å². The molecule has 0 saturated carbocycles. The van der Waals surface area contributed by atoms with Crippen molar-refractivity contribution in [1.29, 1.82) is 0 Å². The van der Waals surface area contributed by atoms with Gasteiger partial charge in [-0.05, 0) is 38.1 Å². The van der Waals surface area contributed by atoms with Gasteiger partial charge in [-0.1, -0.05) is 36.0 Å². The summed E-state index contributed by atoms with van der Waals surface area (Å²) >= 11 is 1.02. The van der Waals surface area contributed by atoms with Crippen LogP contribution in [0, 0.1) is 0 Å². The standard InChI is InChI=1S/C20H18F3N3O2S/c1-3-26-18(28)13-8-4-6-10-15(13)25-19(26)29-12(2)17(27)24-16-11-7-5-9-14(16)20(21,22)23/h4-12H,3H2,1-2H3,(H,24,27)/t12-/m0/s1. The Morgan fingerprint density at radius 1 is 1.17 bits per heavy atom. The van der Waals surface area contributed by atoms with Gasteiger partial charge >= 0.3 is 6.18 Å². The summed E-state index contributed by atoms with van der Waals surface area (Å²) in [6.45, 7) is 3.69. The first-order valence-corrected chi connectivity index (χ1v) is 9.73. The molecule has 29 heavy (non-hydrogen) atoms. The van der Waals surface area contributed by atoms with Crippen LogP contribution in [0.5, 0.6) is 0 Å². The third kappa shape index (κ3) is 4.45. The minimum absolute atomic E-state index is 0.226. The second-order valence-corrected chi connectivity index (χ2v) is 7.56. The summed E-state index contributed by atoms with van der Waals surface area (Å²) in [4.78, 5) is 29.7. The van der Waals surface area contributed by atoms with Crippen LogP contribution in [0.15, 0.2) is 58.5 Å². The highest BCUT2D eigenvalue weighted by molar-refractivity contribution is 8.00. The van der Waals surface area contributed by atoms with Crippen LogP contribution in [0.4, 0.5) is 18.9 Å². The SMILES string of the molecule is CCn1c(S[C@@H](C)C(=O)Nc2ccccc2C(F)(F)F)nc2ccccc2c1=O. The normalized spacial score (nSPS) is 12.7. The molecule has 0 radical (unpaired) electrons. The molecule has 0 fully saturated rings. The summed E-state index contributed by atoms with van der Waals surface area (Å²) in [5, 5.41) is 2.36. The molecule has 0 spiro atoms. The first kappa shape index (κ1) is 20.9. The second-order valence-electron chi connectivity index (χ2n) is 6.25. The zero-order chi connectivity index (χ0) is 21.2. The number of para-hydroxylation sites is 2. The lowest BCUT2D eigenvalue weighted by atomic mass is 10.1. The molecule has 1 heterocycles. The number of alkyl halides is 3. The zero-order valence-corrected chi connectivity index (χ0v) is 16.5. The highest BCUT2D eigenvalue weighted by atomic mass is 32.2. The molecular weight excluding hydrogens is 403 g/mol. The fourth-order valence-electron chi connectivity index (χ4n) is 2.80. The van der Waals surface area contributed by atoms with E-state index in [1.165, 1.54) is 22.8 Å². The van der Waals surface area contributed by atoms with Crippen LogP contribution in [0.3, 0.4) is 0 Å². The molecule has 2 aromatic carbocycles. The molecule has 0 aliphatic carbocycles. The monoisotopic (exact) mass is 421 g/mol. The molecule has 0 bridgehead atoms. The van der Waals surface area contributed by atoms with Gasteiger partial charge in [0.1, 0.15) is 0 Å². The van der Waals surface area contributed by atoms with Crippen molar-refractivity contribution >= 4 is 34.3 Å². The number of fused-ring (bicyclic) bond motifs is 1. The molecule has 1 amide bonds. The van der Waals surface area contributed by atoms with Gasteiger partial charge in [-0.3, -0.25) is 14.2 Å². The number of carbonyl (C=O) groups excluding carboxylic acids is 1. The van der Waals surface area contributed by atoms with Crippen molar-refractivity contribution in [3.63, 3.8) is 0 Å². The number of anilines is 1. The molecule has 0 aliphatic rings. The molecule has 0 unspecified atom stereocenters. The van der Waals surface area contributed by atoms with Crippen LogP contribution < -0.4 is 10.9 Å². The average Bonchev–Trinajstić information content (AvgIpc) is 2.68. The summed E-state index contributed by atoms with van der Waals surface area (Å²) in [6.07, 6.45) is -4.58. The Morgan fingerprint density at radius 2 is 1.83 bits per heavy atom. The Balaban J connectivity index is 1.87. The van der Waals surface area contributed by atoms with E-state index in [0.717, 1.165) is 17.8 Å². The summed E-state index contributed by atoms with van der Waals surface area (Å²) in [6, 6.07) is 11.7. The molecule has 1 N–H and O–H groups in total. The van der Waals surface area contributed by atoms with E-state index in [1.54, 1.807) is 38.1 Å². The van der Waals surface area contributed by atoms with Gasteiger partial charge in [0.05, 0.1) is 27.4 Å². The quantitative estimate of drug-likeness (QED) is 0.485. The number of hydrogen-bond acceptors (Lipinski definition) is 4. The van der Waals surface area contributed by atoms with E-state index in [9.17, 15) is 22.8 Å². The van der Waals surface area contributed by atoms with Gasteiger partial charge in [0.15, 0.2) is 5.16 Å². The van der Waals surface area contributed by atoms with Crippen molar-refractivity contribution in [3.8, 4) is 0 Å². The predicted octanol–water partition coefficient (Wildman–Crippen LogP) is 4.55. The molecule has 0 aliphatic heterocycles. The lowest BCUT2D eigenvalue weighted by Gasteiger charge is -2.17. The predicted molar refractivity (Wildman–Crippen MR) is 107 cm³/mol. The van der Waals surface area contributed by atoms with Crippen molar-refractivity contribution in [2.75, 3.05) is 5.32 Å². The summed E-state index contributed by atoms with van der Waals surface area (Å²) in [5.41, 5.74) is -0.952. The summed E-state index contributed by atoms with van der Waals surface area (Å²) < 4.78 is 40.8. The summed E-state index contributed by atoms with van der Waals surface area (Å²) in [5.74, 6) is -0.614. The third-order valence-corrected chi connectivity index (χ3v) is 5.37.